The lowest BCUT2D eigenvalue weighted by molar-refractivity contribution is -0.124. The minimum absolute atomic E-state index is 0.0213. The van der Waals surface area contributed by atoms with Gasteiger partial charge in [-0.1, -0.05) is 36.4 Å². The van der Waals surface area contributed by atoms with E-state index < -0.39 is 34.4 Å². The Balaban J connectivity index is 1.57. The normalized spacial score (nSPS) is 17.2. The van der Waals surface area contributed by atoms with E-state index in [1.807, 2.05) is 18.2 Å². The van der Waals surface area contributed by atoms with Gasteiger partial charge in [-0.05, 0) is 25.5 Å². The summed E-state index contributed by atoms with van der Waals surface area (Å²) in [5.41, 5.74) is 0.945. The second kappa shape index (κ2) is 8.58. The van der Waals surface area contributed by atoms with Gasteiger partial charge in [0.15, 0.2) is 27.5 Å². The van der Waals surface area contributed by atoms with Crippen molar-refractivity contribution in [3.05, 3.63) is 69.9 Å². The second-order valence-corrected chi connectivity index (χ2v) is 9.91. The molecule has 1 aromatic heterocycles. The van der Waals surface area contributed by atoms with E-state index in [1.54, 1.807) is 31.2 Å². The Morgan fingerprint density at radius 3 is 2.56 bits per heavy atom. The summed E-state index contributed by atoms with van der Waals surface area (Å²) in [4.78, 5) is 37.7. The minimum Gasteiger partial charge on any atom is -0.455 e. The van der Waals surface area contributed by atoms with Crippen LogP contribution in [0.2, 0.25) is 0 Å². The first-order chi connectivity index (χ1) is 15.2. The molecule has 1 N–H and O–H groups in total. The highest BCUT2D eigenvalue weighted by atomic mass is 32.2. The molecule has 166 valence electrons. The molecule has 2 heterocycles. The van der Waals surface area contributed by atoms with E-state index in [2.05, 4.69) is 5.32 Å². The summed E-state index contributed by atoms with van der Waals surface area (Å²) in [7, 11) is -3.14. The summed E-state index contributed by atoms with van der Waals surface area (Å²) in [5.74, 6) is -1.17. The van der Waals surface area contributed by atoms with Gasteiger partial charge in [0.1, 0.15) is 11.3 Å². The third-order valence-corrected chi connectivity index (χ3v) is 7.10. The molecule has 0 saturated carbocycles. The topological polar surface area (TPSA) is 120 Å². The lowest BCUT2D eigenvalue weighted by atomic mass is 10.0. The number of ether oxygens (including phenoxy) is 1. The van der Waals surface area contributed by atoms with E-state index in [0.29, 0.717) is 23.3 Å². The van der Waals surface area contributed by atoms with Gasteiger partial charge in [0.2, 0.25) is 0 Å². The maximum absolute atomic E-state index is 12.9. The number of hydrogen-bond donors (Lipinski definition) is 1. The van der Waals surface area contributed by atoms with Crippen molar-refractivity contribution in [1.29, 1.82) is 0 Å². The highest BCUT2D eigenvalue weighted by molar-refractivity contribution is 7.91. The molecule has 1 amide bonds. The number of fused-ring (bicyclic) bond motifs is 1. The number of amides is 1. The first kappa shape index (κ1) is 21.8. The summed E-state index contributed by atoms with van der Waals surface area (Å²) < 4.78 is 34.1. The van der Waals surface area contributed by atoms with E-state index in [1.165, 1.54) is 6.07 Å². The Morgan fingerprint density at radius 2 is 1.88 bits per heavy atom. The number of esters is 1. The van der Waals surface area contributed by atoms with Gasteiger partial charge in [-0.25, -0.2) is 13.2 Å². The van der Waals surface area contributed by atoms with E-state index in [-0.39, 0.29) is 33.5 Å². The molecule has 0 spiro atoms. The lowest BCUT2D eigenvalue weighted by Gasteiger charge is -2.12. The lowest BCUT2D eigenvalue weighted by Crippen LogP contribution is -2.38. The Labute approximate surface area is 184 Å². The Bertz CT molecular complexity index is 1360. The molecule has 3 aromatic rings. The van der Waals surface area contributed by atoms with Crippen molar-refractivity contribution in [2.45, 2.75) is 19.4 Å². The molecule has 1 atom stereocenters. The SMILES string of the molecule is Cc1c(-c2ccccc2)oc2c(C(=O)OCC(=O)NC3CCS(=O)(=O)C3)cccc2c1=O. The average molecular weight is 455 g/mol. The van der Waals surface area contributed by atoms with Gasteiger partial charge >= 0.3 is 5.97 Å². The minimum atomic E-state index is -3.14. The van der Waals surface area contributed by atoms with Crippen LogP contribution in [0.4, 0.5) is 0 Å². The van der Waals surface area contributed by atoms with Gasteiger partial charge in [0.25, 0.3) is 5.91 Å². The highest BCUT2D eigenvalue weighted by Gasteiger charge is 2.29. The Hall–Kier alpha value is -3.46. The fourth-order valence-corrected chi connectivity index (χ4v) is 5.40. The molecular formula is C23H21NO7S. The van der Waals surface area contributed by atoms with Gasteiger partial charge in [0, 0.05) is 17.2 Å². The molecule has 1 unspecified atom stereocenters. The molecule has 0 radical (unpaired) electrons. The Morgan fingerprint density at radius 1 is 1.12 bits per heavy atom. The number of hydrogen-bond acceptors (Lipinski definition) is 7. The van der Waals surface area contributed by atoms with Crippen molar-refractivity contribution in [3.63, 3.8) is 0 Å². The van der Waals surface area contributed by atoms with E-state index in [0.717, 1.165) is 0 Å². The van der Waals surface area contributed by atoms with Gasteiger partial charge in [-0.2, -0.15) is 0 Å². The summed E-state index contributed by atoms with van der Waals surface area (Å²) in [6, 6.07) is 13.1. The molecule has 4 rings (SSSR count). The zero-order valence-electron chi connectivity index (χ0n) is 17.3. The van der Waals surface area contributed by atoms with Crippen molar-refractivity contribution in [3.8, 4) is 11.3 Å². The third-order valence-electron chi connectivity index (χ3n) is 5.33. The fraction of sp³-hybridized carbons (Fsp3) is 0.261. The van der Waals surface area contributed by atoms with Crippen LogP contribution < -0.4 is 10.7 Å². The molecular weight excluding hydrogens is 434 g/mol. The van der Waals surface area contributed by atoms with Crippen LogP contribution in [0.3, 0.4) is 0 Å². The molecule has 32 heavy (non-hydrogen) atoms. The Kier molecular flexibility index (Phi) is 5.84. The first-order valence-corrected chi connectivity index (χ1v) is 11.9. The van der Waals surface area contributed by atoms with Crippen molar-refractivity contribution < 1.29 is 27.2 Å². The molecule has 1 fully saturated rings. The predicted molar refractivity (Wildman–Crippen MR) is 118 cm³/mol. The van der Waals surface area contributed by atoms with Crippen LogP contribution in [0.5, 0.6) is 0 Å². The van der Waals surface area contributed by atoms with Gasteiger partial charge < -0.3 is 14.5 Å². The maximum atomic E-state index is 12.9. The van der Waals surface area contributed by atoms with Crippen LogP contribution in [0.1, 0.15) is 22.3 Å². The summed E-state index contributed by atoms with van der Waals surface area (Å²) in [5, 5.41) is 2.79. The highest BCUT2D eigenvalue weighted by Crippen LogP contribution is 2.27. The molecule has 1 saturated heterocycles. The van der Waals surface area contributed by atoms with Crippen LogP contribution in [0.15, 0.2) is 57.7 Å². The van der Waals surface area contributed by atoms with E-state index in [9.17, 15) is 22.8 Å². The third kappa shape index (κ3) is 4.43. The first-order valence-electron chi connectivity index (χ1n) is 10.0. The van der Waals surface area contributed by atoms with E-state index in [4.69, 9.17) is 9.15 Å². The second-order valence-electron chi connectivity index (χ2n) is 7.68. The number of rotatable bonds is 5. The van der Waals surface area contributed by atoms with Gasteiger partial charge in [-0.3, -0.25) is 9.59 Å². The summed E-state index contributed by atoms with van der Waals surface area (Å²) >= 11 is 0. The van der Waals surface area contributed by atoms with Crippen molar-refractivity contribution >= 4 is 32.7 Å². The molecule has 8 nitrogen and oxygen atoms in total. The molecule has 2 aromatic carbocycles. The monoisotopic (exact) mass is 455 g/mol. The number of carbonyl (C=O) groups is 2. The van der Waals surface area contributed by atoms with Crippen LogP contribution in [0.25, 0.3) is 22.3 Å². The van der Waals surface area contributed by atoms with Crippen LogP contribution in [0, 0.1) is 6.92 Å². The van der Waals surface area contributed by atoms with Crippen molar-refractivity contribution in [2.24, 2.45) is 0 Å². The van der Waals surface area contributed by atoms with Gasteiger partial charge in [-0.15, -0.1) is 0 Å². The maximum Gasteiger partial charge on any atom is 0.342 e. The summed E-state index contributed by atoms with van der Waals surface area (Å²) in [6.07, 6.45) is 0.331. The number of carbonyl (C=O) groups excluding carboxylic acids is 2. The predicted octanol–water partition coefficient (Wildman–Crippen LogP) is 2.23. The zero-order valence-corrected chi connectivity index (χ0v) is 18.1. The average Bonchev–Trinajstić information content (AvgIpc) is 3.12. The van der Waals surface area contributed by atoms with Gasteiger partial charge in [0.05, 0.1) is 16.9 Å². The smallest absolute Gasteiger partial charge is 0.342 e. The van der Waals surface area contributed by atoms with Crippen LogP contribution in [-0.4, -0.2) is 44.4 Å². The molecule has 0 bridgehead atoms. The fourth-order valence-electron chi connectivity index (χ4n) is 3.72. The number of sulfone groups is 1. The zero-order chi connectivity index (χ0) is 22.9. The largest absolute Gasteiger partial charge is 0.455 e. The van der Waals surface area contributed by atoms with Crippen LogP contribution >= 0.6 is 0 Å². The quantitative estimate of drug-likeness (QED) is 0.586. The summed E-state index contributed by atoms with van der Waals surface area (Å²) in [6.45, 7) is 1.08. The molecule has 0 aliphatic carbocycles. The number of nitrogens with one attached hydrogen (secondary N) is 1. The molecule has 9 heteroatoms. The van der Waals surface area contributed by atoms with Crippen molar-refractivity contribution in [2.75, 3.05) is 18.1 Å². The number of benzene rings is 2. The van der Waals surface area contributed by atoms with Crippen LogP contribution in [-0.2, 0) is 19.4 Å². The molecule has 1 aliphatic heterocycles. The van der Waals surface area contributed by atoms with E-state index >= 15 is 0 Å². The number of para-hydroxylation sites is 1. The standard InChI is InChI=1S/C23H21NO7S/c1-14-20(26)17-8-5-9-18(22(17)31-21(14)15-6-3-2-4-7-15)23(27)30-12-19(25)24-16-10-11-32(28,29)13-16/h2-9,16H,10-13H2,1H3,(H,24,25). The molecule has 1 aliphatic rings. The van der Waals surface area contributed by atoms with Crippen molar-refractivity contribution in [1.82, 2.24) is 5.32 Å².